The molecular weight excluding hydrogens is 158 g/mol. The predicted octanol–water partition coefficient (Wildman–Crippen LogP) is -0.345. The van der Waals surface area contributed by atoms with Gasteiger partial charge in [-0.25, -0.2) is 0 Å². The topological polar surface area (TPSA) is 68.9 Å². The molecule has 0 rings (SSSR count). The molecule has 5 heteroatoms. The monoisotopic (exact) mass is 173 g/mol. The normalized spacial score (nSPS) is 13.5. The Balaban J connectivity index is 4.71. The van der Waals surface area contributed by atoms with Crippen LogP contribution >= 0.6 is 0 Å². The Kier molecular flexibility index (Phi) is 4.67. The van der Waals surface area contributed by atoms with Crippen molar-refractivity contribution in [2.75, 3.05) is 28.3 Å². The molecule has 0 aliphatic carbocycles. The largest absolute Gasteiger partial charge is 0.481 e. The van der Waals surface area contributed by atoms with Gasteiger partial charge >= 0.3 is 0 Å². The smallest absolute Gasteiger partial charge is 0.237 e. The molecule has 3 N–H and O–H groups in total. The van der Waals surface area contributed by atoms with E-state index in [-0.39, 0.29) is 0 Å². The van der Waals surface area contributed by atoms with Crippen molar-refractivity contribution in [3.63, 3.8) is 0 Å². The van der Waals surface area contributed by atoms with E-state index in [4.69, 9.17) is 15.2 Å². The summed E-state index contributed by atoms with van der Waals surface area (Å²) in [4.78, 5) is 3.81. The molecule has 0 saturated heterocycles. The van der Waals surface area contributed by atoms with Gasteiger partial charge in [0.15, 0.2) is 5.70 Å². The molecule has 0 aromatic rings. The maximum atomic E-state index is 5.64. The van der Waals surface area contributed by atoms with Crippen molar-refractivity contribution >= 4 is 5.90 Å². The van der Waals surface area contributed by atoms with E-state index >= 15 is 0 Å². The Morgan fingerprint density at radius 3 is 2.17 bits per heavy atom. The van der Waals surface area contributed by atoms with Crippen LogP contribution in [0.4, 0.5) is 0 Å². The molecule has 0 bridgehead atoms. The van der Waals surface area contributed by atoms with Crippen LogP contribution in [0.1, 0.15) is 0 Å². The minimum absolute atomic E-state index is 0.348. The molecule has 0 saturated carbocycles. The number of methoxy groups -OCH3 is 2. The Labute approximate surface area is 72.3 Å². The fourth-order valence-electron chi connectivity index (χ4n) is 0.766. The van der Waals surface area contributed by atoms with Crippen molar-refractivity contribution < 1.29 is 9.47 Å². The second kappa shape index (κ2) is 5.29. The SMILES string of the molecule is CN=C(OC)/C(N)=C(\NC)OC. The molecule has 0 aromatic heterocycles. The molecule has 0 amide bonds. The van der Waals surface area contributed by atoms with Crippen LogP contribution in [0.5, 0.6) is 0 Å². The van der Waals surface area contributed by atoms with Gasteiger partial charge in [0.25, 0.3) is 0 Å². The highest BCUT2D eigenvalue weighted by Gasteiger charge is 2.08. The molecule has 0 aromatic carbocycles. The molecule has 0 unspecified atom stereocenters. The summed E-state index contributed by atoms with van der Waals surface area (Å²) >= 11 is 0. The average Bonchev–Trinajstić information content (AvgIpc) is 2.09. The number of rotatable bonds is 3. The van der Waals surface area contributed by atoms with Crippen molar-refractivity contribution in [2.45, 2.75) is 0 Å². The number of nitrogens with one attached hydrogen (secondary N) is 1. The van der Waals surface area contributed by atoms with E-state index in [0.29, 0.717) is 17.5 Å². The summed E-state index contributed by atoms with van der Waals surface area (Å²) in [6.07, 6.45) is 0. The van der Waals surface area contributed by atoms with Crippen molar-refractivity contribution in [1.82, 2.24) is 5.32 Å². The van der Waals surface area contributed by atoms with E-state index in [1.807, 2.05) is 0 Å². The molecule has 0 fully saturated rings. The van der Waals surface area contributed by atoms with Gasteiger partial charge in [0.1, 0.15) is 0 Å². The van der Waals surface area contributed by atoms with Gasteiger partial charge < -0.3 is 20.5 Å². The van der Waals surface area contributed by atoms with Crippen molar-refractivity contribution in [1.29, 1.82) is 0 Å². The Hall–Kier alpha value is -1.39. The number of nitrogens with zero attached hydrogens (tertiary/aromatic N) is 1. The lowest BCUT2D eigenvalue weighted by molar-refractivity contribution is 0.262. The number of nitrogens with two attached hydrogens (primary N) is 1. The van der Waals surface area contributed by atoms with Crippen molar-refractivity contribution in [2.24, 2.45) is 10.7 Å². The molecule has 12 heavy (non-hydrogen) atoms. The lowest BCUT2D eigenvalue weighted by Crippen LogP contribution is -2.22. The van der Waals surface area contributed by atoms with Gasteiger partial charge in [-0.2, -0.15) is 0 Å². The fraction of sp³-hybridized carbons (Fsp3) is 0.571. The average molecular weight is 173 g/mol. The maximum absolute atomic E-state index is 5.64. The Morgan fingerprint density at radius 1 is 1.33 bits per heavy atom. The minimum Gasteiger partial charge on any atom is -0.481 e. The van der Waals surface area contributed by atoms with Gasteiger partial charge in [0, 0.05) is 14.1 Å². The maximum Gasteiger partial charge on any atom is 0.237 e. The van der Waals surface area contributed by atoms with E-state index in [1.165, 1.54) is 14.2 Å². The summed E-state index contributed by atoms with van der Waals surface area (Å²) < 4.78 is 9.82. The first-order valence-electron chi connectivity index (χ1n) is 3.43. The molecule has 0 spiro atoms. The zero-order chi connectivity index (χ0) is 9.56. The van der Waals surface area contributed by atoms with Gasteiger partial charge in [-0.1, -0.05) is 0 Å². The number of hydrogen-bond donors (Lipinski definition) is 2. The first kappa shape index (κ1) is 10.6. The quantitative estimate of drug-likeness (QED) is 0.348. The van der Waals surface area contributed by atoms with E-state index < -0.39 is 0 Å². The zero-order valence-electron chi connectivity index (χ0n) is 7.84. The summed E-state index contributed by atoms with van der Waals surface area (Å²) in [5.74, 6) is 0.790. The first-order chi connectivity index (χ1) is 5.71. The van der Waals surface area contributed by atoms with E-state index in [9.17, 15) is 0 Å². The zero-order valence-corrected chi connectivity index (χ0v) is 7.84. The van der Waals surface area contributed by atoms with Crippen molar-refractivity contribution in [3.8, 4) is 0 Å². The van der Waals surface area contributed by atoms with Gasteiger partial charge in [0.2, 0.25) is 11.8 Å². The second-order valence-corrected chi connectivity index (χ2v) is 1.93. The highest BCUT2D eigenvalue weighted by molar-refractivity contribution is 5.92. The van der Waals surface area contributed by atoms with E-state index in [2.05, 4.69) is 10.3 Å². The van der Waals surface area contributed by atoms with Gasteiger partial charge in [0.05, 0.1) is 14.2 Å². The molecule has 70 valence electrons. The van der Waals surface area contributed by atoms with Crippen LogP contribution in [0.25, 0.3) is 0 Å². The van der Waals surface area contributed by atoms with Crippen molar-refractivity contribution in [3.05, 3.63) is 11.6 Å². The minimum atomic E-state index is 0.348. The van der Waals surface area contributed by atoms with Crippen LogP contribution in [0.3, 0.4) is 0 Å². The van der Waals surface area contributed by atoms with Gasteiger partial charge in [-0.05, 0) is 0 Å². The molecule has 5 nitrogen and oxygen atoms in total. The third-order valence-corrected chi connectivity index (χ3v) is 1.30. The standard InChI is InChI=1S/C7H15N3O2/c1-9-6(11-3)5(8)7(10-2)12-4/h9H,8H2,1-4H3/b6-5-,10-7?. The van der Waals surface area contributed by atoms with E-state index in [1.54, 1.807) is 14.1 Å². The summed E-state index contributed by atoms with van der Waals surface area (Å²) in [7, 11) is 6.31. The first-order valence-corrected chi connectivity index (χ1v) is 3.43. The van der Waals surface area contributed by atoms with Crippen LogP contribution in [-0.2, 0) is 9.47 Å². The lowest BCUT2D eigenvalue weighted by atomic mass is 10.4. The highest BCUT2D eigenvalue weighted by atomic mass is 16.5. The predicted molar refractivity (Wildman–Crippen MR) is 47.7 cm³/mol. The summed E-state index contributed by atoms with van der Waals surface area (Å²) in [5, 5.41) is 2.77. The van der Waals surface area contributed by atoms with Crippen LogP contribution in [0.2, 0.25) is 0 Å². The highest BCUT2D eigenvalue weighted by Crippen LogP contribution is 1.98. The van der Waals surface area contributed by atoms with Gasteiger partial charge in [-0.15, -0.1) is 0 Å². The number of hydrogen-bond acceptors (Lipinski definition) is 5. The Morgan fingerprint density at radius 2 is 1.92 bits per heavy atom. The van der Waals surface area contributed by atoms with Crippen LogP contribution < -0.4 is 11.1 Å². The molecule has 0 atom stereocenters. The fourth-order valence-corrected chi connectivity index (χ4v) is 0.766. The van der Waals surface area contributed by atoms with Crippen LogP contribution in [0.15, 0.2) is 16.6 Å². The molecule has 0 aliphatic rings. The molecule has 0 radical (unpaired) electrons. The van der Waals surface area contributed by atoms with Gasteiger partial charge in [-0.3, -0.25) is 4.99 Å². The lowest BCUT2D eigenvalue weighted by Gasteiger charge is -2.10. The molecule has 0 heterocycles. The summed E-state index contributed by atoms with van der Waals surface area (Å²) in [5.41, 5.74) is 5.99. The third kappa shape index (κ3) is 2.34. The van der Waals surface area contributed by atoms with Crippen LogP contribution in [0, 0.1) is 0 Å². The number of aliphatic imine (C=N–C) groups is 1. The summed E-state index contributed by atoms with van der Waals surface area (Å²) in [6.45, 7) is 0. The third-order valence-electron chi connectivity index (χ3n) is 1.30. The molecular formula is C7H15N3O2. The van der Waals surface area contributed by atoms with E-state index in [0.717, 1.165) is 0 Å². The van der Waals surface area contributed by atoms with Crippen LogP contribution in [-0.4, -0.2) is 34.2 Å². The molecule has 0 aliphatic heterocycles. The second-order valence-electron chi connectivity index (χ2n) is 1.93. The summed E-state index contributed by atoms with van der Waals surface area (Å²) in [6, 6.07) is 0. The Bertz CT molecular complexity index is 193. The number of ether oxygens (including phenoxy) is 2.